The van der Waals surface area contributed by atoms with E-state index in [4.69, 9.17) is 4.74 Å². The zero-order valence-electron chi connectivity index (χ0n) is 10.3. The highest BCUT2D eigenvalue weighted by molar-refractivity contribution is 9.10. The monoisotopic (exact) mass is 298 g/mol. The second-order valence-corrected chi connectivity index (χ2v) is 5.55. The molecule has 0 saturated carbocycles. The molecule has 0 unspecified atom stereocenters. The van der Waals surface area contributed by atoms with Gasteiger partial charge < -0.3 is 9.64 Å². The molecular weight excluding hydrogens is 278 g/mol. The van der Waals surface area contributed by atoms with Gasteiger partial charge in [-0.25, -0.2) is 0 Å². The topological polar surface area (TPSA) is 13.7 Å². The number of benzene rings is 1. The van der Waals surface area contributed by atoms with Crippen LogP contribution in [0.3, 0.4) is 0 Å². The van der Waals surface area contributed by atoms with E-state index in [1.165, 1.54) is 38.9 Å². The highest BCUT2D eigenvalue weighted by Gasteiger charge is 2.12. The van der Waals surface area contributed by atoms with E-state index in [-0.39, 0.29) is 0 Å². The molecule has 0 aliphatic carbocycles. The molecule has 0 atom stereocenters. The van der Waals surface area contributed by atoms with Gasteiger partial charge in [0.2, 0.25) is 0 Å². The number of nitrogens with one attached hydrogen (secondary N) is 1. The Hall–Kier alpha value is -0.540. The minimum absolute atomic E-state index is 0.826. The molecule has 0 spiro atoms. The summed E-state index contributed by atoms with van der Waals surface area (Å²) in [4.78, 5) is 1.76. The Morgan fingerprint density at radius 3 is 2.65 bits per heavy atom. The Morgan fingerprint density at radius 1 is 1.12 bits per heavy atom. The van der Waals surface area contributed by atoms with Crippen molar-refractivity contribution in [3.8, 4) is 5.75 Å². The summed E-state index contributed by atoms with van der Waals surface area (Å²) in [6.07, 6.45) is 5.38. The summed E-state index contributed by atoms with van der Waals surface area (Å²) >= 11 is 3.49. The average molecular weight is 299 g/mol. The van der Waals surface area contributed by atoms with Crippen molar-refractivity contribution in [1.82, 2.24) is 0 Å². The fraction of sp³-hybridized carbons (Fsp3) is 0.571. The molecule has 1 heterocycles. The van der Waals surface area contributed by atoms with Crippen LogP contribution in [0, 0.1) is 0 Å². The van der Waals surface area contributed by atoms with Gasteiger partial charge >= 0.3 is 0 Å². The van der Waals surface area contributed by atoms with Crippen LogP contribution in [-0.4, -0.2) is 26.2 Å². The van der Waals surface area contributed by atoms with Gasteiger partial charge in [0.25, 0.3) is 0 Å². The largest absolute Gasteiger partial charge is 0.492 e. The van der Waals surface area contributed by atoms with Gasteiger partial charge in [-0.1, -0.05) is 12.1 Å². The van der Waals surface area contributed by atoms with Crippen LogP contribution in [0.15, 0.2) is 28.7 Å². The maximum absolute atomic E-state index is 5.77. The third-order valence-electron chi connectivity index (χ3n) is 3.33. The molecule has 1 aliphatic heterocycles. The third-order valence-corrected chi connectivity index (χ3v) is 3.98. The first-order chi connectivity index (χ1) is 8.36. The molecule has 0 radical (unpaired) electrons. The predicted molar refractivity (Wildman–Crippen MR) is 73.7 cm³/mol. The number of rotatable bonds is 5. The average Bonchev–Trinajstić information content (AvgIpc) is 2.38. The van der Waals surface area contributed by atoms with Crippen LogP contribution in [0.25, 0.3) is 0 Å². The van der Waals surface area contributed by atoms with E-state index in [0.717, 1.165) is 23.2 Å². The van der Waals surface area contributed by atoms with Crippen molar-refractivity contribution < 1.29 is 9.64 Å². The predicted octanol–water partition coefficient (Wildman–Crippen LogP) is 2.29. The van der Waals surface area contributed by atoms with Gasteiger partial charge in [0.1, 0.15) is 5.75 Å². The summed E-state index contributed by atoms with van der Waals surface area (Å²) in [7, 11) is 0. The minimum Gasteiger partial charge on any atom is -0.492 e. The zero-order chi connectivity index (χ0) is 11.9. The normalized spacial score (nSPS) is 17.0. The Balaban J connectivity index is 1.64. The number of hydrogen-bond donors (Lipinski definition) is 1. The van der Waals surface area contributed by atoms with Crippen molar-refractivity contribution in [3.05, 3.63) is 28.7 Å². The number of para-hydroxylation sites is 1. The van der Waals surface area contributed by atoms with Crippen molar-refractivity contribution in [3.63, 3.8) is 0 Å². The van der Waals surface area contributed by atoms with Crippen LogP contribution in [0.1, 0.15) is 25.7 Å². The summed E-state index contributed by atoms with van der Waals surface area (Å²) in [6.45, 7) is 4.79. The van der Waals surface area contributed by atoms with Crippen LogP contribution in [0.4, 0.5) is 0 Å². The van der Waals surface area contributed by atoms with Gasteiger partial charge in [-0.3, -0.25) is 0 Å². The first kappa shape index (κ1) is 12.9. The maximum Gasteiger partial charge on any atom is 0.133 e. The molecule has 1 aliphatic rings. The highest BCUT2D eigenvalue weighted by atomic mass is 79.9. The molecular formula is C14H21BrNO+. The molecule has 17 heavy (non-hydrogen) atoms. The summed E-state index contributed by atoms with van der Waals surface area (Å²) in [5, 5.41) is 0. The number of halogens is 1. The molecule has 1 aromatic rings. The fourth-order valence-corrected chi connectivity index (χ4v) is 2.77. The van der Waals surface area contributed by atoms with Gasteiger partial charge in [0.05, 0.1) is 30.7 Å². The van der Waals surface area contributed by atoms with Crippen LogP contribution >= 0.6 is 15.9 Å². The van der Waals surface area contributed by atoms with Crippen molar-refractivity contribution in [2.75, 3.05) is 26.2 Å². The standard InChI is InChI=1S/C14H20BrNO/c15-13-7-2-3-8-14(13)17-12-6-11-16-9-4-1-5-10-16/h2-3,7-8H,1,4-6,9-12H2/p+1. The Labute approximate surface area is 112 Å². The van der Waals surface area contributed by atoms with E-state index in [1.807, 2.05) is 24.3 Å². The summed E-state index contributed by atoms with van der Waals surface area (Å²) in [6, 6.07) is 8.05. The highest BCUT2D eigenvalue weighted by Crippen LogP contribution is 2.23. The van der Waals surface area contributed by atoms with E-state index in [2.05, 4.69) is 15.9 Å². The Morgan fingerprint density at radius 2 is 1.88 bits per heavy atom. The van der Waals surface area contributed by atoms with Gasteiger partial charge in [-0.15, -0.1) is 0 Å². The molecule has 0 amide bonds. The quantitative estimate of drug-likeness (QED) is 0.824. The number of quaternary nitrogens is 1. The van der Waals surface area contributed by atoms with E-state index < -0.39 is 0 Å². The molecule has 1 fully saturated rings. The van der Waals surface area contributed by atoms with E-state index in [9.17, 15) is 0 Å². The molecule has 3 heteroatoms. The molecule has 1 saturated heterocycles. The SMILES string of the molecule is Brc1ccccc1OCCC[NH+]1CCCCC1. The van der Waals surface area contributed by atoms with Crippen LogP contribution in [0.5, 0.6) is 5.75 Å². The van der Waals surface area contributed by atoms with Gasteiger partial charge in [-0.05, 0) is 47.3 Å². The number of ether oxygens (including phenoxy) is 1. The number of piperidine rings is 1. The van der Waals surface area contributed by atoms with Crippen molar-refractivity contribution in [2.45, 2.75) is 25.7 Å². The Kier molecular flexibility index (Phi) is 5.33. The molecule has 2 nitrogen and oxygen atoms in total. The van der Waals surface area contributed by atoms with E-state index in [0.29, 0.717) is 0 Å². The lowest BCUT2D eigenvalue weighted by Crippen LogP contribution is -3.12. The first-order valence-corrected chi connectivity index (χ1v) is 7.36. The summed E-state index contributed by atoms with van der Waals surface area (Å²) in [5.41, 5.74) is 0. The number of likely N-dealkylation sites (tertiary alicyclic amines) is 1. The van der Waals surface area contributed by atoms with Crippen molar-refractivity contribution in [1.29, 1.82) is 0 Å². The lowest BCUT2D eigenvalue weighted by molar-refractivity contribution is -0.905. The maximum atomic E-state index is 5.77. The second kappa shape index (κ2) is 7.02. The fourth-order valence-electron chi connectivity index (χ4n) is 2.37. The molecule has 0 bridgehead atoms. The Bertz CT molecular complexity index is 337. The zero-order valence-corrected chi connectivity index (χ0v) is 11.8. The van der Waals surface area contributed by atoms with Gasteiger partial charge in [0, 0.05) is 6.42 Å². The molecule has 94 valence electrons. The molecule has 1 N–H and O–H groups in total. The molecule has 0 aromatic heterocycles. The van der Waals surface area contributed by atoms with Crippen LogP contribution in [0.2, 0.25) is 0 Å². The lowest BCUT2D eigenvalue weighted by atomic mass is 10.1. The smallest absolute Gasteiger partial charge is 0.133 e. The van der Waals surface area contributed by atoms with E-state index >= 15 is 0 Å². The van der Waals surface area contributed by atoms with Crippen LogP contribution < -0.4 is 9.64 Å². The molecule has 1 aromatic carbocycles. The van der Waals surface area contributed by atoms with Gasteiger partial charge in [-0.2, -0.15) is 0 Å². The van der Waals surface area contributed by atoms with Gasteiger partial charge in [0.15, 0.2) is 0 Å². The van der Waals surface area contributed by atoms with E-state index in [1.54, 1.807) is 4.90 Å². The van der Waals surface area contributed by atoms with Crippen LogP contribution in [-0.2, 0) is 0 Å². The first-order valence-electron chi connectivity index (χ1n) is 6.57. The second-order valence-electron chi connectivity index (χ2n) is 4.69. The summed E-state index contributed by atoms with van der Waals surface area (Å²) in [5.74, 6) is 0.959. The lowest BCUT2D eigenvalue weighted by Gasteiger charge is -2.23. The third kappa shape index (κ3) is 4.32. The molecule has 2 rings (SSSR count). The van der Waals surface area contributed by atoms with Crippen molar-refractivity contribution >= 4 is 15.9 Å². The number of hydrogen-bond acceptors (Lipinski definition) is 1. The summed E-state index contributed by atoms with van der Waals surface area (Å²) < 4.78 is 6.81. The van der Waals surface area contributed by atoms with Crippen molar-refractivity contribution in [2.24, 2.45) is 0 Å². The minimum atomic E-state index is 0.826.